The Morgan fingerprint density at radius 1 is 1.40 bits per heavy atom. The van der Waals surface area contributed by atoms with Crippen LogP contribution < -0.4 is 11.1 Å². The van der Waals surface area contributed by atoms with Crippen molar-refractivity contribution in [1.82, 2.24) is 5.32 Å². The standard InChI is InChI=1S/C14H18F2N2O.ClH/c15-14(16,8-17)9-18-13(19)12-7-3-5-10-4-1-2-6-11(10)12;/h1-2,4,6,12H,3,5,7-9,17H2,(H,18,19);1H. The summed E-state index contributed by atoms with van der Waals surface area (Å²) in [5.41, 5.74) is 7.05. The highest BCUT2D eigenvalue weighted by Crippen LogP contribution is 2.31. The maximum Gasteiger partial charge on any atom is 0.277 e. The first-order chi connectivity index (χ1) is 9.03. The van der Waals surface area contributed by atoms with Crippen LogP contribution >= 0.6 is 12.4 Å². The maximum atomic E-state index is 13.0. The van der Waals surface area contributed by atoms with Gasteiger partial charge in [-0.3, -0.25) is 4.79 Å². The fourth-order valence-electron chi connectivity index (χ4n) is 2.44. The van der Waals surface area contributed by atoms with Gasteiger partial charge in [0.05, 0.1) is 19.0 Å². The third kappa shape index (κ3) is 3.90. The summed E-state index contributed by atoms with van der Waals surface area (Å²) in [4.78, 5) is 12.0. The van der Waals surface area contributed by atoms with Crippen molar-refractivity contribution in [3.63, 3.8) is 0 Å². The van der Waals surface area contributed by atoms with Gasteiger partial charge in [-0.05, 0) is 30.4 Å². The Morgan fingerprint density at radius 3 is 2.80 bits per heavy atom. The van der Waals surface area contributed by atoms with E-state index in [1.54, 1.807) is 0 Å². The molecule has 0 bridgehead atoms. The fraction of sp³-hybridized carbons (Fsp3) is 0.500. The normalized spacial score (nSPS) is 17.9. The van der Waals surface area contributed by atoms with Crippen molar-refractivity contribution in [3.05, 3.63) is 35.4 Å². The van der Waals surface area contributed by atoms with Gasteiger partial charge in [-0.15, -0.1) is 12.4 Å². The van der Waals surface area contributed by atoms with Crippen LogP contribution in [-0.4, -0.2) is 24.9 Å². The summed E-state index contributed by atoms with van der Waals surface area (Å²) in [5.74, 6) is -3.69. The molecule has 1 aliphatic carbocycles. The first-order valence-corrected chi connectivity index (χ1v) is 6.47. The largest absolute Gasteiger partial charge is 0.349 e. The lowest BCUT2D eigenvalue weighted by molar-refractivity contribution is -0.124. The molecule has 0 radical (unpaired) electrons. The van der Waals surface area contributed by atoms with E-state index in [4.69, 9.17) is 5.73 Å². The molecule has 1 aromatic carbocycles. The van der Waals surface area contributed by atoms with Crippen LogP contribution in [0.3, 0.4) is 0 Å². The van der Waals surface area contributed by atoms with E-state index in [9.17, 15) is 13.6 Å². The van der Waals surface area contributed by atoms with Crippen molar-refractivity contribution in [1.29, 1.82) is 0 Å². The summed E-state index contributed by atoms with van der Waals surface area (Å²) in [6.07, 6.45) is 2.55. The lowest BCUT2D eigenvalue weighted by Crippen LogP contribution is -2.43. The molecule has 0 heterocycles. The SMILES string of the molecule is Cl.NCC(F)(F)CNC(=O)C1CCCc2ccccc21. The highest BCUT2D eigenvalue weighted by atomic mass is 35.5. The number of alkyl halides is 2. The molecule has 1 unspecified atom stereocenters. The molecule has 6 heteroatoms. The molecule has 0 aromatic heterocycles. The quantitative estimate of drug-likeness (QED) is 0.896. The van der Waals surface area contributed by atoms with E-state index in [0.29, 0.717) is 6.42 Å². The van der Waals surface area contributed by atoms with Crippen LogP contribution in [-0.2, 0) is 11.2 Å². The smallest absolute Gasteiger partial charge is 0.277 e. The number of carbonyl (C=O) groups excluding carboxylic acids is 1. The second-order valence-electron chi connectivity index (χ2n) is 4.92. The number of carbonyl (C=O) groups is 1. The molecule has 1 amide bonds. The average Bonchev–Trinajstić information content (AvgIpc) is 2.44. The van der Waals surface area contributed by atoms with Crippen LogP contribution in [0.2, 0.25) is 0 Å². The van der Waals surface area contributed by atoms with Gasteiger partial charge in [0, 0.05) is 0 Å². The molecule has 1 atom stereocenters. The molecular weight excluding hydrogens is 286 g/mol. The minimum absolute atomic E-state index is 0. The van der Waals surface area contributed by atoms with Crippen LogP contribution in [0.1, 0.15) is 29.9 Å². The molecule has 3 N–H and O–H groups in total. The predicted octanol–water partition coefficient (Wildman–Crippen LogP) is 2.24. The van der Waals surface area contributed by atoms with E-state index in [0.717, 1.165) is 24.0 Å². The van der Waals surface area contributed by atoms with E-state index in [-0.39, 0.29) is 24.2 Å². The first kappa shape index (κ1) is 16.9. The summed E-state index contributed by atoms with van der Waals surface area (Å²) in [6, 6.07) is 7.70. The van der Waals surface area contributed by atoms with E-state index in [2.05, 4.69) is 5.32 Å². The zero-order valence-corrected chi connectivity index (χ0v) is 11.9. The minimum Gasteiger partial charge on any atom is -0.349 e. The lowest BCUT2D eigenvalue weighted by atomic mass is 9.82. The Balaban J connectivity index is 0.00000200. The highest BCUT2D eigenvalue weighted by Gasteiger charge is 2.31. The second-order valence-corrected chi connectivity index (χ2v) is 4.92. The van der Waals surface area contributed by atoms with Gasteiger partial charge < -0.3 is 11.1 Å². The Hall–Kier alpha value is -1.20. The molecule has 112 valence electrons. The monoisotopic (exact) mass is 304 g/mol. The maximum absolute atomic E-state index is 13.0. The molecule has 3 nitrogen and oxygen atoms in total. The molecule has 0 aliphatic heterocycles. The molecule has 0 spiro atoms. The lowest BCUT2D eigenvalue weighted by Gasteiger charge is -2.25. The summed E-state index contributed by atoms with van der Waals surface area (Å²) >= 11 is 0. The predicted molar refractivity (Wildman–Crippen MR) is 76.4 cm³/mol. The van der Waals surface area contributed by atoms with Gasteiger partial charge in [-0.1, -0.05) is 24.3 Å². The summed E-state index contributed by atoms with van der Waals surface area (Å²) in [6.45, 7) is -1.45. The highest BCUT2D eigenvalue weighted by molar-refractivity contribution is 5.85. The third-order valence-corrected chi connectivity index (χ3v) is 3.51. The number of fused-ring (bicyclic) bond motifs is 1. The van der Waals surface area contributed by atoms with E-state index >= 15 is 0 Å². The van der Waals surface area contributed by atoms with Crippen molar-refractivity contribution in [3.8, 4) is 0 Å². The van der Waals surface area contributed by atoms with Gasteiger partial charge >= 0.3 is 0 Å². The zero-order chi connectivity index (χ0) is 13.9. The molecule has 0 fully saturated rings. The number of nitrogens with one attached hydrogen (secondary N) is 1. The Bertz CT molecular complexity index is 468. The molecule has 1 aromatic rings. The van der Waals surface area contributed by atoms with Crippen LogP contribution in [0.4, 0.5) is 8.78 Å². The van der Waals surface area contributed by atoms with Gasteiger partial charge in [0.15, 0.2) is 0 Å². The average molecular weight is 305 g/mol. The van der Waals surface area contributed by atoms with Crippen LogP contribution in [0.5, 0.6) is 0 Å². The molecule has 1 aliphatic rings. The number of rotatable bonds is 4. The summed E-state index contributed by atoms with van der Waals surface area (Å²) in [5, 5.41) is 2.32. The van der Waals surface area contributed by atoms with Crippen molar-refractivity contribution in [2.75, 3.05) is 13.1 Å². The Labute approximate surface area is 123 Å². The van der Waals surface area contributed by atoms with Crippen LogP contribution in [0, 0.1) is 0 Å². The molecule has 0 saturated heterocycles. The number of hydrogen-bond donors (Lipinski definition) is 2. The topological polar surface area (TPSA) is 55.1 Å². The number of halogens is 3. The fourth-order valence-corrected chi connectivity index (χ4v) is 2.44. The van der Waals surface area contributed by atoms with Crippen molar-refractivity contribution < 1.29 is 13.6 Å². The van der Waals surface area contributed by atoms with Gasteiger partial charge in [-0.25, -0.2) is 8.78 Å². The van der Waals surface area contributed by atoms with Gasteiger partial charge in [0.2, 0.25) is 5.91 Å². The van der Waals surface area contributed by atoms with Gasteiger partial charge in [0.1, 0.15) is 0 Å². The van der Waals surface area contributed by atoms with E-state index < -0.39 is 19.0 Å². The molecular formula is C14H19ClF2N2O. The summed E-state index contributed by atoms with van der Waals surface area (Å²) < 4.78 is 26.1. The van der Waals surface area contributed by atoms with Gasteiger partial charge in [0.25, 0.3) is 5.92 Å². The second kappa shape index (κ2) is 6.99. The van der Waals surface area contributed by atoms with Crippen molar-refractivity contribution >= 4 is 18.3 Å². The van der Waals surface area contributed by atoms with E-state index in [1.807, 2.05) is 24.3 Å². The van der Waals surface area contributed by atoms with E-state index in [1.165, 1.54) is 0 Å². The third-order valence-electron chi connectivity index (χ3n) is 3.51. The zero-order valence-electron chi connectivity index (χ0n) is 11.1. The number of amides is 1. The van der Waals surface area contributed by atoms with Gasteiger partial charge in [-0.2, -0.15) is 0 Å². The number of benzene rings is 1. The minimum atomic E-state index is -3.04. The molecule has 20 heavy (non-hydrogen) atoms. The first-order valence-electron chi connectivity index (χ1n) is 6.47. The van der Waals surface area contributed by atoms with Crippen molar-refractivity contribution in [2.24, 2.45) is 5.73 Å². The summed E-state index contributed by atoms with van der Waals surface area (Å²) in [7, 11) is 0. The Kier molecular flexibility index (Phi) is 5.89. The number of aryl methyl sites for hydroxylation is 1. The molecule has 0 saturated carbocycles. The Morgan fingerprint density at radius 2 is 2.10 bits per heavy atom. The van der Waals surface area contributed by atoms with Crippen LogP contribution in [0.25, 0.3) is 0 Å². The molecule has 2 rings (SSSR count). The van der Waals surface area contributed by atoms with Crippen LogP contribution in [0.15, 0.2) is 24.3 Å². The number of hydrogen-bond acceptors (Lipinski definition) is 2. The number of nitrogens with two attached hydrogens (primary N) is 1. The van der Waals surface area contributed by atoms with Crippen molar-refractivity contribution in [2.45, 2.75) is 31.1 Å².